The van der Waals surface area contributed by atoms with Crippen LogP contribution < -0.4 is 0 Å². The SMILES string of the molecule is CC(C)(C)C[C@H](O)[C@@H](O)[C@H](O[C@H]1O[C@H](CO)[C@@H](O[C@H]2C[C@H](CO)[C@@H](O[C@H]3C[C@H](CO)[C@@H](O[C@H]4O[C@H](CO)[C@@H](O[C@H]5O[C@H](CO)[C@@H](O[C@H]6O[C@H](CO)[C@@H](O)[C@H](O)[C@H]6O)[C@H](O)[C@H]5O)[C@H](O)[C@H]4O)[C@H](O)[C@H]3O)[C@H](O)[C@H]2O)[C@H](O)[C@H]1O)[C@H](O)CO. The zero-order valence-corrected chi connectivity index (χ0v) is 44.6. The van der Waals surface area contributed by atoms with Gasteiger partial charge in [0, 0.05) is 25.0 Å². The Balaban J connectivity index is 1.06. The van der Waals surface area contributed by atoms with E-state index in [4.69, 9.17) is 47.4 Å². The number of rotatable bonds is 23. The lowest BCUT2D eigenvalue weighted by atomic mass is 9.78. The van der Waals surface area contributed by atoms with E-state index in [2.05, 4.69) is 0 Å². The number of ether oxygens (including phenoxy) is 10. The standard InChI is InChI=1S/C48H86O33/c1-48(2,3)6-16(56)24(58)40(17(57)9-51)79-46-35(69)31(65)41(21(11-53)75-46)73-19-4-14(7-49)38(29(63)26(19)60)72-18-5-15(8-50)39(30(64)25(18)59)78-45-36(70)32(66)43(22(12-54)76-45)81-47-37(71)33(67)42(23(13-55)77-47)80-44-34(68)28(62)27(61)20(10-52)74-44/h14-47,49-71H,4-13H2,1-3H3/t14-,15-,16+,17-,18+,19+,20-,21-,22-,23-,24-,25+,26+,27-,28+,29-,30-,31-,32-,33-,34-,35-,36-,37-,38-,39-,40-,41-,42-,43-,44-,45-,46-,47-/m1/s1. The van der Waals surface area contributed by atoms with E-state index in [0.717, 1.165) is 0 Å². The minimum atomic E-state index is -2.14. The highest BCUT2D eigenvalue weighted by molar-refractivity contribution is 5.03. The van der Waals surface area contributed by atoms with Gasteiger partial charge in [-0.25, -0.2) is 0 Å². The highest BCUT2D eigenvalue weighted by atomic mass is 16.8. The molecule has 4 aliphatic heterocycles. The van der Waals surface area contributed by atoms with E-state index in [1.807, 2.05) is 0 Å². The third-order valence-electron chi connectivity index (χ3n) is 15.9. The lowest BCUT2D eigenvalue weighted by Crippen LogP contribution is -2.67. The van der Waals surface area contributed by atoms with Gasteiger partial charge in [-0.3, -0.25) is 0 Å². The van der Waals surface area contributed by atoms with Gasteiger partial charge in [0.25, 0.3) is 0 Å². The van der Waals surface area contributed by atoms with Crippen LogP contribution in [0.2, 0.25) is 0 Å². The Labute approximate surface area is 463 Å². The quantitative estimate of drug-likeness (QED) is 0.0452. The molecule has 0 amide bonds. The Morgan fingerprint density at radius 2 is 0.704 bits per heavy atom. The summed E-state index contributed by atoms with van der Waals surface area (Å²) in [5.41, 5.74) is -0.521. The number of hydrogen-bond acceptors (Lipinski definition) is 33. The fraction of sp³-hybridized carbons (Fsp3) is 1.00. The van der Waals surface area contributed by atoms with E-state index in [0.29, 0.717) is 0 Å². The van der Waals surface area contributed by atoms with Gasteiger partial charge in [-0.2, -0.15) is 0 Å². The molecular formula is C48H86O33. The summed E-state index contributed by atoms with van der Waals surface area (Å²) in [5, 5.41) is 247. The highest BCUT2D eigenvalue weighted by Gasteiger charge is 2.57. The van der Waals surface area contributed by atoms with Gasteiger partial charge in [0.2, 0.25) is 0 Å². The Bertz CT molecular complexity index is 1850. The Morgan fingerprint density at radius 1 is 0.370 bits per heavy atom. The van der Waals surface area contributed by atoms with Crippen LogP contribution in [-0.2, 0) is 47.4 Å². The Morgan fingerprint density at radius 3 is 1.10 bits per heavy atom. The molecule has 6 rings (SSSR count). The first-order valence-corrected chi connectivity index (χ1v) is 26.8. The molecule has 33 heteroatoms. The number of aliphatic hydroxyl groups excluding tert-OH is 23. The van der Waals surface area contributed by atoms with E-state index in [-0.39, 0.29) is 12.8 Å². The molecule has 2 aliphatic carbocycles. The first-order valence-electron chi connectivity index (χ1n) is 26.8. The van der Waals surface area contributed by atoms with Crippen molar-refractivity contribution in [1.82, 2.24) is 0 Å². The van der Waals surface area contributed by atoms with Crippen LogP contribution >= 0.6 is 0 Å². The maximum Gasteiger partial charge on any atom is 0.187 e. The molecular weight excluding hydrogens is 1100 g/mol. The van der Waals surface area contributed by atoms with E-state index in [9.17, 15) is 117 Å². The van der Waals surface area contributed by atoms with E-state index < -0.39 is 266 Å². The molecule has 0 aromatic carbocycles. The van der Waals surface area contributed by atoms with Gasteiger partial charge in [-0.1, -0.05) is 20.8 Å². The van der Waals surface area contributed by atoms with Gasteiger partial charge in [-0.05, 0) is 24.7 Å². The van der Waals surface area contributed by atoms with Crippen LogP contribution in [0.5, 0.6) is 0 Å². The second kappa shape index (κ2) is 29.6. The highest BCUT2D eigenvalue weighted by Crippen LogP contribution is 2.40. The monoisotopic (exact) mass is 1190 g/mol. The summed E-state index contributed by atoms with van der Waals surface area (Å²) >= 11 is 0. The minimum Gasteiger partial charge on any atom is -0.396 e. The summed E-state index contributed by atoms with van der Waals surface area (Å²) in [4.78, 5) is 0. The van der Waals surface area contributed by atoms with Crippen molar-refractivity contribution in [2.45, 2.75) is 236 Å². The summed E-state index contributed by atoms with van der Waals surface area (Å²) in [6.07, 6.45) is -59.2. The molecule has 4 heterocycles. The first-order chi connectivity index (χ1) is 38.1. The van der Waals surface area contributed by atoms with Crippen LogP contribution in [0, 0.1) is 17.3 Å². The summed E-state index contributed by atoms with van der Waals surface area (Å²) in [7, 11) is 0. The predicted molar refractivity (Wildman–Crippen MR) is 257 cm³/mol. The summed E-state index contributed by atoms with van der Waals surface area (Å²) < 4.78 is 56.9. The average Bonchev–Trinajstić information content (AvgIpc) is 3.64. The van der Waals surface area contributed by atoms with E-state index in [1.54, 1.807) is 20.8 Å². The van der Waals surface area contributed by atoms with Crippen LogP contribution in [0.1, 0.15) is 40.0 Å². The van der Waals surface area contributed by atoms with Crippen molar-refractivity contribution in [3.8, 4) is 0 Å². The van der Waals surface area contributed by atoms with Crippen LogP contribution in [0.15, 0.2) is 0 Å². The van der Waals surface area contributed by atoms with Gasteiger partial charge in [0.05, 0.1) is 63.6 Å². The van der Waals surface area contributed by atoms with Crippen LogP contribution in [0.25, 0.3) is 0 Å². The molecule has 34 atom stereocenters. The van der Waals surface area contributed by atoms with Gasteiger partial charge in [0.15, 0.2) is 25.2 Å². The van der Waals surface area contributed by atoms with Crippen LogP contribution in [0.3, 0.4) is 0 Å². The number of aliphatic hydroxyl groups is 23. The summed E-state index contributed by atoms with van der Waals surface area (Å²) in [5.74, 6) is -2.36. The second-order valence-electron chi connectivity index (χ2n) is 22.9. The van der Waals surface area contributed by atoms with Gasteiger partial charge >= 0.3 is 0 Å². The molecule has 0 spiro atoms. The fourth-order valence-electron chi connectivity index (χ4n) is 11.2. The largest absolute Gasteiger partial charge is 0.396 e. The molecule has 0 aromatic heterocycles. The van der Waals surface area contributed by atoms with Crippen LogP contribution in [0.4, 0.5) is 0 Å². The van der Waals surface area contributed by atoms with Crippen molar-refractivity contribution in [1.29, 1.82) is 0 Å². The summed E-state index contributed by atoms with van der Waals surface area (Å²) in [6.45, 7) is -1.01. The summed E-state index contributed by atoms with van der Waals surface area (Å²) in [6, 6.07) is 0. The molecule has 33 nitrogen and oxygen atoms in total. The zero-order chi connectivity index (χ0) is 60.3. The normalized spacial score (nSPS) is 48.1. The lowest BCUT2D eigenvalue weighted by Gasteiger charge is -2.50. The van der Waals surface area contributed by atoms with Gasteiger partial charge < -0.3 is 165 Å². The Kier molecular flexibility index (Phi) is 25.1. The maximum absolute atomic E-state index is 11.5. The molecule has 476 valence electrons. The van der Waals surface area contributed by atoms with Crippen molar-refractivity contribution >= 4 is 0 Å². The van der Waals surface area contributed by atoms with Crippen molar-refractivity contribution in [2.24, 2.45) is 17.3 Å². The molecule has 4 saturated heterocycles. The van der Waals surface area contributed by atoms with Crippen LogP contribution in [-0.4, -0.2) is 360 Å². The third-order valence-corrected chi connectivity index (χ3v) is 15.9. The Hall–Kier alpha value is -1.32. The molecule has 0 bridgehead atoms. The fourth-order valence-corrected chi connectivity index (χ4v) is 11.2. The van der Waals surface area contributed by atoms with E-state index in [1.165, 1.54) is 0 Å². The molecule has 6 fully saturated rings. The molecule has 6 aliphatic rings. The first kappa shape index (κ1) is 68.8. The van der Waals surface area contributed by atoms with Crippen molar-refractivity contribution < 1.29 is 165 Å². The third kappa shape index (κ3) is 15.3. The number of hydrogen-bond donors (Lipinski definition) is 23. The van der Waals surface area contributed by atoms with Crippen molar-refractivity contribution in [2.75, 3.05) is 46.2 Å². The molecule has 2 saturated carbocycles. The van der Waals surface area contributed by atoms with Gasteiger partial charge in [0.1, 0.15) is 140 Å². The second-order valence-corrected chi connectivity index (χ2v) is 22.9. The average molecular weight is 1190 g/mol. The van der Waals surface area contributed by atoms with Gasteiger partial charge in [-0.15, -0.1) is 0 Å². The topological polar surface area (TPSA) is 558 Å². The van der Waals surface area contributed by atoms with Crippen molar-refractivity contribution in [3.05, 3.63) is 0 Å². The molecule has 0 aromatic rings. The smallest absolute Gasteiger partial charge is 0.187 e. The maximum atomic E-state index is 11.5. The molecule has 23 N–H and O–H groups in total. The molecule has 0 unspecified atom stereocenters. The lowest BCUT2D eigenvalue weighted by molar-refractivity contribution is -0.383. The predicted octanol–water partition coefficient (Wildman–Crippen LogP) is -12.9. The molecule has 0 radical (unpaired) electrons. The minimum absolute atomic E-state index is 0.0000820. The van der Waals surface area contributed by atoms with E-state index >= 15 is 0 Å². The zero-order valence-electron chi connectivity index (χ0n) is 44.6. The van der Waals surface area contributed by atoms with Crippen molar-refractivity contribution in [3.63, 3.8) is 0 Å². The molecule has 81 heavy (non-hydrogen) atoms.